The lowest BCUT2D eigenvalue weighted by atomic mass is 9.77. The molecule has 0 amide bonds. The van der Waals surface area contributed by atoms with Gasteiger partial charge in [-0.05, 0) is 37.9 Å². The maximum Gasteiger partial charge on any atom is 0.234 e. The number of nitrogens with zero attached hydrogens (tertiary/aromatic N) is 2. The minimum Gasteiger partial charge on any atom is -0.338 e. The largest absolute Gasteiger partial charge is 0.338 e. The van der Waals surface area contributed by atoms with Gasteiger partial charge in [-0.2, -0.15) is 4.98 Å². The summed E-state index contributed by atoms with van der Waals surface area (Å²) in [5.41, 5.74) is 0.986. The van der Waals surface area contributed by atoms with Crippen LogP contribution in [0.4, 0.5) is 0 Å². The Kier molecular flexibility index (Phi) is 4.40. The van der Waals surface area contributed by atoms with Crippen LogP contribution in [-0.4, -0.2) is 23.2 Å². The highest BCUT2D eigenvalue weighted by Crippen LogP contribution is 2.35. The lowest BCUT2D eigenvalue weighted by Gasteiger charge is -2.34. The van der Waals surface area contributed by atoms with Crippen molar-refractivity contribution in [2.75, 3.05) is 13.1 Å². The first-order valence-corrected chi connectivity index (χ1v) is 8.34. The number of hydrogen-bond donors (Lipinski definition) is 1. The highest BCUT2D eigenvalue weighted by molar-refractivity contribution is 9.10. The highest BCUT2D eigenvalue weighted by atomic mass is 79.9. The monoisotopic (exact) mass is 349 g/mol. The molecule has 0 aliphatic carbocycles. The Bertz CT molecular complexity index is 600. The first-order chi connectivity index (χ1) is 10.2. The molecule has 2 aromatic rings. The Hall–Kier alpha value is -1.20. The molecule has 0 radical (unpaired) electrons. The quantitative estimate of drug-likeness (QED) is 0.908. The molecule has 1 unspecified atom stereocenters. The van der Waals surface area contributed by atoms with Crippen molar-refractivity contribution in [3.05, 3.63) is 34.6 Å². The molecule has 1 aliphatic heterocycles. The van der Waals surface area contributed by atoms with Crippen LogP contribution in [0.15, 0.2) is 33.3 Å². The zero-order chi connectivity index (χ0) is 14.7. The molecule has 1 aromatic heterocycles. The summed E-state index contributed by atoms with van der Waals surface area (Å²) in [5, 5.41) is 7.68. The summed E-state index contributed by atoms with van der Waals surface area (Å²) in [4.78, 5) is 4.70. The van der Waals surface area contributed by atoms with Crippen LogP contribution in [-0.2, 0) is 5.41 Å². The summed E-state index contributed by atoms with van der Waals surface area (Å²) in [6.07, 6.45) is 4.49. The van der Waals surface area contributed by atoms with E-state index in [1.54, 1.807) is 0 Å². The molecule has 1 fully saturated rings. The summed E-state index contributed by atoms with van der Waals surface area (Å²) in [6.45, 7) is 4.22. The molecular formula is C16H20BrN3O. The first kappa shape index (κ1) is 14.7. The van der Waals surface area contributed by atoms with Gasteiger partial charge in [0, 0.05) is 16.6 Å². The van der Waals surface area contributed by atoms with Gasteiger partial charge in [0.2, 0.25) is 11.7 Å². The van der Waals surface area contributed by atoms with E-state index in [2.05, 4.69) is 33.3 Å². The minimum absolute atomic E-state index is 0.00423. The Morgan fingerprint density at radius 1 is 1.43 bits per heavy atom. The number of rotatable bonds is 4. The van der Waals surface area contributed by atoms with E-state index in [-0.39, 0.29) is 5.41 Å². The average molecular weight is 350 g/mol. The molecule has 0 bridgehead atoms. The summed E-state index contributed by atoms with van der Waals surface area (Å²) in [6, 6.07) is 8.00. The molecule has 112 valence electrons. The van der Waals surface area contributed by atoms with Crippen molar-refractivity contribution in [3.63, 3.8) is 0 Å². The van der Waals surface area contributed by atoms with Gasteiger partial charge < -0.3 is 9.84 Å². The van der Waals surface area contributed by atoms with Crippen LogP contribution in [0, 0.1) is 0 Å². The maximum absolute atomic E-state index is 5.64. The molecule has 21 heavy (non-hydrogen) atoms. The van der Waals surface area contributed by atoms with E-state index >= 15 is 0 Å². The van der Waals surface area contributed by atoms with Gasteiger partial charge in [-0.1, -0.05) is 46.6 Å². The second-order valence-electron chi connectivity index (χ2n) is 5.74. The lowest BCUT2D eigenvalue weighted by Crippen LogP contribution is -2.43. The number of aromatic nitrogens is 2. The first-order valence-electron chi connectivity index (χ1n) is 7.54. The number of halogens is 1. The number of piperidine rings is 1. The summed E-state index contributed by atoms with van der Waals surface area (Å²) in [7, 11) is 0. The third-order valence-electron chi connectivity index (χ3n) is 4.16. The molecular weight excluding hydrogens is 330 g/mol. The molecule has 4 nitrogen and oxygen atoms in total. The fraction of sp³-hybridized carbons (Fsp3) is 0.500. The van der Waals surface area contributed by atoms with E-state index in [4.69, 9.17) is 9.51 Å². The second kappa shape index (κ2) is 6.28. The van der Waals surface area contributed by atoms with Gasteiger partial charge in [0.05, 0.1) is 5.41 Å². The predicted octanol–water partition coefficient (Wildman–Crippen LogP) is 3.92. The van der Waals surface area contributed by atoms with Crippen molar-refractivity contribution in [1.29, 1.82) is 0 Å². The van der Waals surface area contributed by atoms with Crippen molar-refractivity contribution >= 4 is 15.9 Å². The van der Waals surface area contributed by atoms with Crippen molar-refractivity contribution in [2.45, 2.75) is 38.0 Å². The Morgan fingerprint density at radius 3 is 3.05 bits per heavy atom. The molecule has 1 atom stereocenters. The highest BCUT2D eigenvalue weighted by Gasteiger charge is 2.38. The van der Waals surface area contributed by atoms with E-state index in [9.17, 15) is 0 Å². The third kappa shape index (κ3) is 3.04. The van der Waals surface area contributed by atoms with Gasteiger partial charge in [0.1, 0.15) is 0 Å². The number of hydrogen-bond acceptors (Lipinski definition) is 4. The van der Waals surface area contributed by atoms with Gasteiger partial charge in [0.15, 0.2) is 0 Å². The van der Waals surface area contributed by atoms with Crippen LogP contribution < -0.4 is 5.32 Å². The van der Waals surface area contributed by atoms with Crippen LogP contribution in [0.5, 0.6) is 0 Å². The molecule has 5 heteroatoms. The van der Waals surface area contributed by atoms with Crippen molar-refractivity contribution < 1.29 is 4.52 Å². The third-order valence-corrected chi connectivity index (χ3v) is 4.66. The number of nitrogens with one attached hydrogen (secondary N) is 1. The van der Waals surface area contributed by atoms with E-state index in [1.807, 2.05) is 24.3 Å². The second-order valence-corrected chi connectivity index (χ2v) is 6.66. The van der Waals surface area contributed by atoms with E-state index in [0.717, 1.165) is 54.7 Å². The van der Waals surface area contributed by atoms with Crippen LogP contribution in [0.25, 0.3) is 11.4 Å². The van der Waals surface area contributed by atoms with Crippen molar-refractivity contribution in [1.82, 2.24) is 15.5 Å². The van der Waals surface area contributed by atoms with Crippen molar-refractivity contribution in [2.24, 2.45) is 0 Å². The van der Waals surface area contributed by atoms with E-state index in [1.165, 1.54) is 0 Å². The fourth-order valence-corrected chi connectivity index (χ4v) is 3.53. The van der Waals surface area contributed by atoms with Crippen LogP contribution in [0.1, 0.15) is 38.5 Å². The van der Waals surface area contributed by atoms with E-state index < -0.39 is 0 Å². The zero-order valence-electron chi connectivity index (χ0n) is 12.2. The molecule has 2 heterocycles. The molecule has 3 rings (SSSR count). The topological polar surface area (TPSA) is 51.0 Å². The Labute approximate surface area is 133 Å². The van der Waals surface area contributed by atoms with Crippen LogP contribution in [0.3, 0.4) is 0 Å². The fourth-order valence-electron chi connectivity index (χ4n) is 3.13. The Balaban J connectivity index is 1.92. The summed E-state index contributed by atoms with van der Waals surface area (Å²) < 4.78 is 6.66. The van der Waals surface area contributed by atoms with Gasteiger partial charge in [-0.25, -0.2) is 0 Å². The van der Waals surface area contributed by atoms with Crippen LogP contribution >= 0.6 is 15.9 Å². The normalized spacial score (nSPS) is 22.4. The van der Waals surface area contributed by atoms with Gasteiger partial charge in [-0.3, -0.25) is 0 Å². The van der Waals surface area contributed by atoms with Gasteiger partial charge in [0.25, 0.3) is 0 Å². The summed E-state index contributed by atoms with van der Waals surface area (Å²) >= 11 is 3.48. The predicted molar refractivity (Wildman–Crippen MR) is 86.1 cm³/mol. The number of benzene rings is 1. The molecule has 0 spiro atoms. The Morgan fingerprint density at radius 2 is 2.33 bits per heavy atom. The van der Waals surface area contributed by atoms with Crippen LogP contribution in [0.2, 0.25) is 0 Å². The van der Waals surface area contributed by atoms with E-state index in [0.29, 0.717) is 5.82 Å². The SMILES string of the molecule is CCCC1(c2nc(-c3cccc(Br)c3)no2)CCCNC1. The molecule has 0 saturated carbocycles. The molecule has 1 saturated heterocycles. The van der Waals surface area contributed by atoms with Gasteiger partial charge in [-0.15, -0.1) is 0 Å². The standard InChI is InChI=1S/C16H20BrN3O/c1-2-7-16(8-4-9-18-11-16)15-19-14(20-21-15)12-5-3-6-13(17)10-12/h3,5-6,10,18H,2,4,7-9,11H2,1H3. The lowest BCUT2D eigenvalue weighted by molar-refractivity contribution is 0.213. The average Bonchev–Trinajstić information content (AvgIpc) is 2.99. The smallest absolute Gasteiger partial charge is 0.234 e. The summed E-state index contributed by atoms with van der Waals surface area (Å²) in [5.74, 6) is 1.46. The van der Waals surface area contributed by atoms with Crippen molar-refractivity contribution in [3.8, 4) is 11.4 Å². The maximum atomic E-state index is 5.64. The molecule has 1 aromatic carbocycles. The zero-order valence-corrected chi connectivity index (χ0v) is 13.8. The molecule has 1 aliphatic rings. The molecule has 1 N–H and O–H groups in total. The van der Waals surface area contributed by atoms with Gasteiger partial charge >= 0.3 is 0 Å². The minimum atomic E-state index is 0.00423.